The number of urea groups is 1. The Kier molecular flexibility index (Phi) is 5.86. The lowest BCUT2D eigenvalue weighted by molar-refractivity contribution is -0.171. The summed E-state index contributed by atoms with van der Waals surface area (Å²) in [5.41, 5.74) is 5.49. The third kappa shape index (κ3) is 3.68. The van der Waals surface area contributed by atoms with Crippen LogP contribution >= 0.6 is 0 Å². The van der Waals surface area contributed by atoms with Crippen molar-refractivity contribution in [3.8, 4) is 11.5 Å². The van der Waals surface area contributed by atoms with Gasteiger partial charge in [-0.15, -0.1) is 0 Å². The third-order valence-electron chi connectivity index (χ3n) is 13.4. The van der Waals surface area contributed by atoms with Gasteiger partial charge in [-0.1, -0.05) is 45.9 Å². The van der Waals surface area contributed by atoms with Crippen LogP contribution < -0.4 is 14.8 Å². The van der Waals surface area contributed by atoms with E-state index in [1.165, 1.54) is 41.5 Å². The molecular formula is C35H49N3O3. The topological polar surface area (TPSA) is 54.0 Å². The fourth-order valence-electron chi connectivity index (χ4n) is 10.1. The Balaban J connectivity index is 1.23. The number of amides is 2. The molecule has 1 N–H and O–H groups in total. The molecule has 0 aromatic heterocycles. The van der Waals surface area contributed by atoms with Crippen LogP contribution in [0.25, 0.3) is 11.6 Å². The van der Waals surface area contributed by atoms with Gasteiger partial charge in [-0.3, -0.25) is 0 Å². The van der Waals surface area contributed by atoms with Crippen molar-refractivity contribution in [2.45, 2.75) is 85.6 Å². The Morgan fingerprint density at radius 1 is 1.00 bits per heavy atom. The van der Waals surface area contributed by atoms with Gasteiger partial charge >= 0.3 is 6.03 Å². The minimum absolute atomic E-state index is 0.0780. The summed E-state index contributed by atoms with van der Waals surface area (Å²) in [4.78, 5) is 17.8. The van der Waals surface area contributed by atoms with Gasteiger partial charge in [-0.05, 0) is 104 Å². The van der Waals surface area contributed by atoms with Gasteiger partial charge in [0.05, 0.1) is 0 Å². The predicted molar refractivity (Wildman–Crippen MR) is 164 cm³/mol. The summed E-state index contributed by atoms with van der Waals surface area (Å²) in [6, 6.07) is 2.37. The second-order valence-electron chi connectivity index (χ2n) is 15.5. The number of carbonyl (C=O) groups excluding carboxylic acids is 1. The maximum Gasteiger partial charge on any atom is 0.317 e. The highest BCUT2D eigenvalue weighted by atomic mass is 16.7. The normalized spacial score (nSPS) is 41.1. The predicted octanol–water partition coefficient (Wildman–Crippen LogP) is 6.87. The molecule has 0 radical (unpaired) electrons. The van der Waals surface area contributed by atoms with E-state index in [0.717, 1.165) is 56.9 Å². The minimum Gasteiger partial charge on any atom is -0.454 e. The highest BCUT2D eigenvalue weighted by molar-refractivity contribution is 5.88. The molecule has 2 saturated carbocycles. The highest BCUT2D eigenvalue weighted by Gasteiger charge is 2.67. The van der Waals surface area contributed by atoms with Gasteiger partial charge in [0.1, 0.15) is 0 Å². The van der Waals surface area contributed by atoms with Crippen molar-refractivity contribution in [3.63, 3.8) is 0 Å². The molecule has 222 valence electrons. The summed E-state index contributed by atoms with van der Waals surface area (Å²) in [6.07, 6.45) is 14.3. The van der Waals surface area contributed by atoms with Crippen molar-refractivity contribution >= 4 is 17.7 Å². The smallest absolute Gasteiger partial charge is 0.317 e. The number of rotatable bonds is 1. The number of fused-ring (bicyclic) bond motifs is 8. The summed E-state index contributed by atoms with van der Waals surface area (Å²) < 4.78 is 11.7. The number of likely N-dealkylation sites (N-methyl/N-ethyl adjacent to an activating group) is 1. The molecule has 7 rings (SSSR count). The summed E-state index contributed by atoms with van der Waals surface area (Å²) in [5, 5.41) is 3.58. The second kappa shape index (κ2) is 8.78. The second-order valence-corrected chi connectivity index (χ2v) is 15.5. The number of piperazine rings is 1. The van der Waals surface area contributed by atoms with Crippen molar-refractivity contribution in [3.05, 3.63) is 34.9 Å². The van der Waals surface area contributed by atoms with Crippen molar-refractivity contribution < 1.29 is 14.3 Å². The van der Waals surface area contributed by atoms with E-state index >= 15 is 0 Å². The van der Waals surface area contributed by atoms with Crippen LogP contribution in [0.5, 0.6) is 11.5 Å². The van der Waals surface area contributed by atoms with E-state index in [0.29, 0.717) is 18.1 Å². The largest absolute Gasteiger partial charge is 0.454 e. The van der Waals surface area contributed by atoms with E-state index in [9.17, 15) is 4.79 Å². The summed E-state index contributed by atoms with van der Waals surface area (Å²) >= 11 is 0. The zero-order chi connectivity index (χ0) is 29.0. The first-order chi connectivity index (χ1) is 19.3. The average molecular weight is 560 g/mol. The molecule has 1 aromatic rings. The average Bonchev–Trinajstić information content (AvgIpc) is 3.41. The van der Waals surface area contributed by atoms with Gasteiger partial charge in [0.25, 0.3) is 0 Å². The maximum atomic E-state index is 13.5. The summed E-state index contributed by atoms with van der Waals surface area (Å²) in [5.74, 6) is 2.31. The number of carbonyl (C=O) groups is 1. The number of ether oxygens (including phenoxy) is 2. The van der Waals surface area contributed by atoms with Crippen LogP contribution in [-0.2, 0) is 0 Å². The fourth-order valence-corrected chi connectivity index (χ4v) is 10.1. The Morgan fingerprint density at radius 3 is 2.49 bits per heavy atom. The number of nitrogens with one attached hydrogen (secondary N) is 1. The lowest BCUT2D eigenvalue weighted by atomic mass is 9.34. The van der Waals surface area contributed by atoms with E-state index in [-0.39, 0.29) is 27.8 Å². The number of hydrogen-bond donors (Lipinski definition) is 1. The van der Waals surface area contributed by atoms with Crippen LogP contribution in [0.2, 0.25) is 0 Å². The molecule has 2 heterocycles. The molecule has 4 aliphatic carbocycles. The van der Waals surface area contributed by atoms with E-state index in [1.807, 2.05) is 4.90 Å². The van der Waals surface area contributed by atoms with Gasteiger partial charge in [-0.25, -0.2) is 4.79 Å². The van der Waals surface area contributed by atoms with Crippen LogP contribution in [0.15, 0.2) is 18.2 Å². The van der Waals surface area contributed by atoms with Gasteiger partial charge < -0.3 is 24.6 Å². The van der Waals surface area contributed by atoms with E-state index in [2.05, 4.69) is 83.1 Å². The monoisotopic (exact) mass is 559 g/mol. The maximum absolute atomic E-state index is 13.5. The molecule has 1 aromatic carbocycles. The van der Waals surface area contributed by atoms with Crippen molar-refractivity contribution in [1.82, 2.24) is 15.1 Å². The molecule has 2 amide bonds. The van der Waals surface area contributed by atoms with Gasteiger partial charge in [-0.2, -0.15) is 0 Å². The van der Waals surface area contributed by atoms with Crippen LogP contribution in [0, 0.1) is 34.5 Å². The van der Waals surface area contributed by atoms with Crippen LogP contribution in [0.1, 0.15) is 89.8 Å². The van der Waals surface area contributed by atoms with Gasteiger partial charge in [0.2, 0.25) is 6.79 Å². The molecule has 2 aliphatic heterocycles. The Morgan fingerprint density at radius 2 is 1.73 bits per heavy atom. The van der Waals surface area contributed by atoms with Crippen LogP contribution in [0.4, 0.5) is 4.79 Å². The molecular weight excluding hydrogens is 510 g/mol. The molecule has 0 unspecified atom stereocenters. The third-order valence-corrected chi connectivity index (χ3v) is 13.4. The standard InChI is InChI=1S/C35H49N3O3/c1-23-24-8-10-33(4)26(25(24)20-27-29(23)41-22-40-27)9-11-34(5)28-21-32(3,14-12-31(28,2)13-15-35(33,34)6)36-30(39)38-18-16-37(7)17-19-38/h8-10,20,28H,11-19,21-22H2,1-7H3,(H,36,39)/t28-,31-,32-,33-,34+,35-/m1/s1. The molecule has 6 nitrogen and oxygen atoms in total. The number of benzene rings is 1. The quantitative estimate of drug-likeness (QED) is 0.408. The molecule has 0 bridgehead atoms. The van der Waals surface area contributed by atoms with Crippen LogP contribution in [-0.4, -0.2) is 61.4 Å². The molecule has 1 saturated heterocycles. The molecule has 6 aliphatic rings. The molecule has 41 heavy (non-hydrogen) atoms. The molecule has 6 heteroatoms. The Bertz CT molecular complexity index is 1360. The van der Waals surface area contributed by atoms with E-state index < -0.39 is 0 Å². The van der Waals surface area contributed by atoms with Crippen molar-refractivity contribution in [2.75, 3.05) is 40.0 Å². The fraction of sp³-hybridized carbons (Fsp3) is 0.686. The number of allylic oxidation sites excluding steroid dienone is 3. The highest BCUT2D eigenvalue weighted by Crippen LogP contribution is 2.75. The molecule has 3 fully saturated rings. The molecule has 6 atom stereocenters. The molecule has 0 spiro atoms. The van der Waals surface area contributed by atoms with Crippen molar-refractivity contribution in [1.29, 1.82) is 0 Å². The lowest BCUT2D eigenvalue weighted by Gasteiger charge is -2.70. The first-order valence-corrected chi connectivity index (χ1v) is 15.9. The Hall–Kier alpha value is -2.47. The number of nitrogens with zero attached hydrogens (tertiary/aromatic N) is 2. The zero-order valence-electron chi connectivity index (χ0n) is 26.3. The number of hydrogen-bond acceptors (Lipinski definition) is 4. The summed E-state index contributed by atoms with van der Waals surface area (Å²) in [7, 11) is 2.14. The van der Waals surface area contributed by atoms with Crippen molar-refractivity contribution in [2.24, 2.45) is 27.6 Å². The first-order valence-electron chi connectivity index (χ1n) is 15.9. The Labute approximate surface area is 246 Å². The van der Waals surface area contributed by atoms with Crippen LogP contribution in [0.3, 0.4) is 0 Å². The SMILES string of the molecule is Cc1c2c(cc3c1OCO3)C1=CC[C@@]3(C)[C@@H]4C[C@](C)(NC(=O)N5CCN(C)CC5)CC[C@]4(C)CC[C@]3(C)[C@]1(C)C=C2. The summed E-state index contributed by atoms with van der Waals surface area (Å²) in [6.45, 7) is 18.6. The first kappa shape index (κ1) is 27.4. The lowest BCUT2D eigenvalue weighted by Crippen LogP contribution is -2.66. The van der Waals surface area contributed by atoms with Gasteiger partial charge in [0.15, 0.2) is 11.5 Å². The zero-order valence-corrected chi connectivity index (χ0v) is 26.3. The minimum atomic E-state index is -0.180. The van der Waals surface area contributed by atoms with Gasteiger partial charge in [0, 0.05) is 42.7 Å². The van der Waals surface area contributed by atoms with E-state index in [1.54, 1.807) is 0 Å². The van der Waals surface area contributed by atoms with E-state index in [4.69, 9.17) is 9.47 Å².